The Labute approximate surface area is 129 Å². The number of rotatable bonds is 3. The van der Waals surface area contributed by atoms with Crippen LogP contribution in [-0.4, -0.2) is 29.2 Å². The van der Waals surface area contributed by atoms with Crippen LogP contribution >= 0.6 is 11.6 Å². The third-order valence-corrected chi connectivity index (χ3v) is 5.84. The van der Waals surface area contributed by atoms with Crippen molar-refractivity contribution in [1.82, 2.24) is 14.3 Å². The maximum Gasteiger partial charge on any atom is 0.243 e. The minimum Gasteiger partial charge on any atom is -0.345 e. The Kier molecular flexibility index (Phi) is 3.77. The zero-order chi connectivity index (χ0) is 15.0. The van der Waals surface area contributed by atoms with Gasteiger partial charge in [0, 0.05) is 23.5 Å². The highest BCUT2D eigenvalue weighted by Gasteiger charge is 2.37. The van der Waals surface area contributed by atoms with Gasteiger partial charge in [0.1, 0.15) is 5.82 Å². The number of imidazole rings is 1. The lowest BCUT2D eigenvalue weighted by Crippen LogP contribution is -2.31. The standard InChI is InChI=1S/C14H16ClN3O2S/c1-10-9-16-14(17-10)13-3-2-8-18(13)21(19,20)12-6-4-11(15)5-7-12/h4-7,9,13H,2-3,8H2,1H3,(H,16,17). The van der Waals surface area contributed by atoms with Gasteiger partial charge in [-0.2, -0.15) is 4.31 Å². The van der Waals surface area contributed by atoms with E-state index in [1.54, 1.807) is 30.5 Å². The first-order chi connectivity index (χ1) is 9.98. The summed E-state index contributed by atoms with van der Waals surface area (Å²) < 4.78 is 27.1. The average Bonchev–Trinajstić information content (AvgIpc) is 3.07. The Hall–Kier alpha value is -1.37. The zero-order valence-electron chi connectivity index (χ0n) is 11.6. The second-order valence-electron chi connectivity index (χ2n) is 5.18. The fraction of sp³-hybridized carbons (Fsp3) is 0.357. The van der Waals surface area contributed by atoms with E-state index in [2.05, 4.69) is 9.97 Å². The van der Waals surface area contributed by atoms with Gasteiger partial charge in [-0.25, -0.2) is 13.4 Å². The molecular formula is C14H16ClN3O2S. The maximum absolute atomic E-state index is 12.8. The molecule has 0 aliphatic carbocycles. The third kappa shape index (κ3) is 2.71. The molecule has 1 aromatic heterocycles. The van der Waals surface area contributed by atoms with Crippen molar-refractivity contribution in [1.29, 1.82) is 0 Å². The minimum atomic E-state index is -3.53. The number of sulfonamides is 1. The van der Waals surface area contributed by atoms with Crippen molar-refractivity contribution in [2.45, 2.75) is 30.7 Å². The molecule has 1 fully saturated rings. The smallest absolute Gasteiger partial charge is 0.243 e. The van der Waals surface area contributed by atoms with Crippen molar-refractivity contribution in [3.05, 3.63) is 47.0 Å². The van der Waals surface area contributed by atoms with E-state index in [0.717, 1.165) is 18.5 Å². The van der Waals surface area contributed by atoms with Gasteiger partial charge < -0.3 is 4.98 Å². The van der Waals surface area contributed by atoms with E-state index in [1.165, 1.54) is 4.31 Å². The van der Waals surface area contributed by atoms with Gasteiger partial charge in [-0.05, 0) is 44.0 Å². The lowest BCUT2D eigenvalue weighted by Gasteiger charge is -2.22. The molecule has 0 amide bonds. The van der Waals surface area contributed by atoms with Crippen LogP contribution in [0.4, 0.5) is 0 Å². The summed E-state index contributed by atoms with van der Waals surface area (Å²) in [5.41, 5.74) is 0.931. The van der Waals surface area contributed by atoms with Gasteiger partial charge in [-0.1, -0.05) is 11.6 Å². The molecule has 0 bridgehead atoms. The van der Waals surface area contributed by atoms with Crippen molar-refractivity contribution in [3.8, 4) is 0 Å². The second-order valence-corrected chi connectivity index (χ2v) is 7.51. The molecule has 1 aliphatic rings. The van der Waals surface area contributed by atoms with Crippen molar-refractivity contribution in [3.63, 3.8) is 0 Å². The Morgan fingerprint density at radius 1 is 1.33 bits per heavy atom. The zero-order valence-corrected chi connectivity index (χ0v) is 13.2. The van der Waals surface area contributed by atoms with Crippen LogP contribution in [0.25, 0.3) is 0 Å². The number of benzene rings is 1. The van der Waals surface area contributed by atoms with E-state index in [4.69, 9.17) is 11.6 Å². The van der Waals surface area contributed by atoms with E-state index in [-0.39, 0.29) is 10.9 Å². The number of nitrogens with zero attached hydrogens (tertiary/aromatic N) is 2. The SMILES string of the molecule is Cc1cnc(C2CCCN2S(=O)(=O)c2ccc(Cl)cc2)[nH]1. The molecule has 1 atom stereocenters. The summed E-state index contributed by atoms with van der Waals surface area (Å²) in [4.78, 5) is 7.69. The average molecular weight is 326 g/mol. The Morgan fingerprint density at radius 3 is 2.67 bits per heavy atom. The van der Waals surface area contributed by atoms with Crippen molar-refractivity contribution >= 4 is 21.6 Å². The number of H-pyrrole nitrogens is 1. The van der Waals surface area contributed by atoms with Gasteiger partial charge in [-0.15, -0.1) is 0 Å². The monoisotopic (exact) mass is 325 g/mol. The first kappa shape index (κ1) is 14.6. The molecule has 0 spiro atoms. The molecule has 7 heteroatoms. The Morgan fingerprint density at radius 2 is 2.05 bits per heavy atom. The van der Waals surface area contributed by atoms with E-state index < -0.39 is 10.0 Å². The van der Waals surface area contributed by atoms with Gasteiger partial charge in [0.2, 0.25) is 10.0 Å². The summed E-state index contributed by atoms with van der Waals surface area (Å²) in [7, 11) is -3.53. The molecular weight excluding hydrogens is 310 g/mol. The minimum absolute atomic E-state index is 0.223. The summed E-state index contributed by atoms with van der Waals surface area (Å²) >= 11 is 5.83. The molecule has 1 aliphatic heterocycles. The van der Waals surface area contributed by atoms with Crippen LogP contribution < -0.4 is 0 Å². The van der Waals surface area contributed by atoms with Gasteiger partial charge in [-0.3, -0.25) is 0 Å². The summed E-state index contributed by atoms with van der Waals surface area (Å²) in [6, 6.07) is 6.05. The van der Waals surface area contributed by atoms with Gasteiger partial charge in [0.25, 0.3) is 0 Å². The highest BCUT2D eigenvalue weighted by atomic mass is 35.5. The van der Waals surface area contributed by atoms with E-state index in [0.29, 0.717) is 17.4 Å². The van der Waals surface area contributed by atoms with Gasteiger partial charge >= 0.3 is 0 Å². The van der Waals surface area contributed by atoms with Crippen molar-refractivity contribution in [2.24, 2.45) is 0 Å². The molecule has 2 aromatic rings. The third-order valence-electron chi connectivity index (χ3n) is 3.66. The molecule has 1 N–H and O–H groups in total. The summed E-state index contributed by atoms with van der Waals surface area (Å²) in [5.74, 6) is 0.711. The lowest BCUT2D eigenvalue weighted by atomic mass is 10.2. The predicted molar refractivity (Wildman–Crippen MR) is 80.6 cm³/mol. The van der Waals surface area contributed by atoms with Crippen LogP contribution in [0.1, 0.15) is 30.4 Å². The van der Waals surface area contributed by atoms with Gasteiger partial charge in [0.05, 0.1) is 10.9 Å². The molecule has 21 heavy (non-hydrogen) atoms. The van der Waals surface area contributed by atoms with E-state index >= 15 is 0 Å². The summed E-state index contributed by atoms with van der Waals surface area (Å²) in [5, 5.41) is 0.522. The first-order valence-electron chi connectivity index (χ1n) is 6.77. The fourth-order valence-corrected chi connectivity index (χ4v) is 4.43. The van der Waals surface area contributed by atoms with Crippen LogP contribution in [0.3, 0.4) is 0 Å². The van der Waals surface area contributed by atoms with E-state index in [9.17, 15) is 8.42 Å². The van der Waals surface area contributed by atoms with Crippen LogP contribution in [0.2, 0.25) is 5.02 Å². The number of aromatic nitrogens is 2. The number of nitrogens with one attached hydrogen (secondary N) is 1. The predicted octanol–water partition coefficient (Wildman–Crippen LogP) is 2.90. The summed E-state index contributed by atoms with van der Waals surface area (Å²) in [6.45, 7) is 2.42. The van der Waals surface area contributed by atoms with Crippen molar-refractivity contribution in [2.75, 3.05) is 6.54 Å². The molecule has 1 unspecified atom stereocenters. The lowest BCUT2D eigenvalue weighted by molar-refractivity contribution is 0.385. The fourth-order valence-electron chi connectivity index (χ4n) is 2.65. The number of aromatic amines is 1. The second kappa shape index (κ2) is 5.44. The number of aryl methyl sites for hydroxylation is 1. The van der Waals surface area contributed by atoms with Crippen molar-refractivity contribution < 1.29 is 8.42 Å². The van der Waals surface area contributed by atoms with Gasteiger partial charge in [0.15, 0.2) is 0 Å². The van der Waals surface area contributed by atoms with Crippen LogP contribution in [0.5, 0.6) is 0 Å². The molecule has 3 rings (SSSR count). The number of hydrogen-bond donors (Lipinski definition) is 1. The molecule has 2 heterocycles. The Bertz CT molecular complexity index is 740. The molecule has 0 radical (unpaired) electrons. The quantitative estimate of drug-likeness (QED) is 0.943. The van der Waals surface area contributed by atoms with Crippen LogP contribution in [0, 0.1) is 6.92 Å². The highest BCUT2D eigenvalue weighted by Crippen LogP contribution is 2.35. The number of halogens is 1. The van der Waals surface area contributed by atoms with E-state index in [1.807, 2.05) is 6.92 Å². The highest BCUT2D eigenvalue weighted by molar-refractivity contribution is 7.89. The largest absolute Gasteiger partial charge is 0.345 e. The first-order valence-corrected chi connectivity index (χ1v) is 8.59. The maximum atomic E-state index is 12.8. The van der Waals surface area contributed by atoms with Crippen LogP contribution in [0.15, 0.2) is 35.4 Å². The van der Waals surface area contributed by atoms with Crippen LogP contribution in [-0.2, 0) is 10.0 Å². The topological polar surface area (TPSA) is 66.1 Å². The summed E-state index contributed by atoms with van der Waals surface area (Å²) in [6.07, 6.45) is 3.33. The molecule has 112 valence electrons. The molecule has 1 saturated heterocycles. The molecule has 0 saturated carbocycles. The molecule has 1 aromatic carbocycles. The Balaban J connectivity index is 1.96. The normalized spacial score (nSPS) is 20.0. The molecule has 5 nitrogen and oxygen atoms in total. The number of hydrogen-bond acceptors (Lipinski definition) is 3.